The predicted octanol–water partition coefficient (Wildman–Crippen LogP) is 3.98. The Morgan fingerprint density at radius 2 is 2.00 bits per heavy atom. The van der Waals surface area contributed by atoms with Gasteiger partial charge in [-0.25, -0.2) is 18.3 Å². The highest BCUT2D eigenvalue weighted by atomic mass is 19.3. The first-order valence-electron chi connectivity index (χ1n) is 10.5. The van der Waals surface area contributed by atoms with Gasteiger partial charge in [-0.05, 0) is 44.5 Å². The van der Waals surface area contributed by atoms with E-state index in [-0.39, 0.29) is 22.6 Å². The third kappa shape index (κ3) is 4.55. The third-order valence-corrected chi connectivity index (χ3v) is 5.29. The molecule has 1 aromatic carbocycles. The Hall–Kier alpha value is -3.82. The SMILES string of the molecule is COc1ccccc1-c1cc(C(F)F)n2ncc(C(=O)NCCCn3nc(C)cc3C)c2n1. The quantitative estimate of drug-likeness (QED) is 0.407. The number of benzene rings is 1. The minimum Gasteiger partial charge on any atom is -0.496 e. The van der Waals surface area contributed by atoms with Gasteiger partial charge in [-0.3, -0.25) is 9.48 Å². The van der Waals surface area contributed by atoms with E-state index in [1.54, 1.807) is 24.3 Å². The molecule has 1 amide bonds. The zero-order chi connectivity index (χ0) is 23.5. The molecule has 0 fully saturated rings. The summed E-state index contributed by atoms with van der Waals surface area (Å²) in [4.78, 5) is 17.3. The molecule has 1 N–H and O–H groups in total. The number of aryl methyl sites for hydroxylation is 3. The van der Waals surface area contributed by atoms with Crippen LogP contribution in [0.3, 0.4) is 0 Å². The molecule has 8 nitrogen and oxygen atoms in total. The Labute approximate surface area is 189 Å². The smallest absolute Gasteiger partial charge is 0.280 e. The maximum Gasteiger partial charge on any atom is 0.280 e. The Kier molecular flexibility index (Phi) is 6.34. The Morgan fingerprint density at radius 3 is 2.70 bits per heavy atom. The molecule has 4 aromatic rings. The van der Waals surface area contributed by atoms with Crippen molar-refractivity contribution in [2.24, 2.45) is 0 Å². The van der Waals surface area contributed by atoms with Gasteiger partial charge in [0, 0.05) is 24.3 Å². The number of halogens is 2. The van der Waals surface area contributed by atoms with Crippen molar-refractivity contribution in [1.29, 1.82) is 0 Å². The van der Waals surface area contributed by atoms with Gasteiger partial charge < -0.3 is 10.1 Å². The van der Waals surface area contributed by atoms with Crippen LogP contribution in [-0.4, -0.2) is 43.9 Å². The Bertz CT molecular complexity index is 1300. The summed E-state index contributed by atoms with van der Waals surface area (Å²) in [5.41, 5.74) is 2.63. The van der Waals surface area contributed by atoms with E-state index in [1.807, 2.05) is 24.6 Å². The monoisotopic (exact) mass is 454 g/mol. The fourth-order valence-electron chi connectivity index (χ4n) is 3.72. The third-order valence-electron chi connectivity index (χ3n) is 5.29. The summed E-state index contributed by atoms with van der Waals surface area (Å²) in [6, 6.07) is 10.2. The molecule has 0 aliphatic rings. The number of carbonyl (C=O) groups is 1. The van der Waals surface area contributed by atoms with Crippen LogP contribution in [0.15, 0.2) is 42.6 Å². The van der Waals surface area contributed by atoms with E-state index < -0.39 is 12.3 Å². The number of amides is 1. The van der Waals surface area contributed by atoms with Crippen LogP contribution in [0.25, 0.3) is 16.9 Å². The van der Waals surface area contributed by atoms with Crippen LogP contribution in [0.5, 0.6) is 5.75 Å². The molecule has 3 aromatic heterocycles. The molecule has 0 saturated heterocycles. The molecular formula is C23H24F2N6O2. The van der Waals surface area contributed by atoms with Crippen LogP contribution in [0.2, 0.25) is 0 Å². The molecule has 0 atom stereocenters. The highest BCUT2D eigenvalue weighted by Crippen LogP contribution is 2.32. The number of fused-ring (bicyclic) bond motifs is 1. The largest absolute Gasteiger partial charge is 0.496 e. The summed E-state index contributed by atoms with van der Waals surface area (Å²) in [7, 11) is 1.50. The first kappa shape index (κ1) is 22.4. The molecule has 0 saturated carbocycles. The van der Waals surface area contributed by atoms with E-state index in [2.05, 4.69) is 20.5 Å². The second-order valence-electron chi connectivity index (χ2n) is 7.62. The molecule has 172 valence electrons. The molecule has 0 radical (unpaired) electrons. The van der Waals surface area contributed by atoms with E-state index >= 15 is 0 Å². The maximum atomic E-state index is 13.8. The van der Waals surface area contributed by atoms with Crippen molar-refractivity contribution >= 4 is 11.6 Å². The van der Waals surface area contributed by atoms with Crippen molar-refractivity contribution < 1.29 is 18.3 Å². The van der Waals surface area contributed by atoms with Crippen LogP contribution in [0, 0.1) is 13.8 Å². The number of nitrogens with zero attached hydrogens (tertiary/aromatic N) is 5. The van der Waals surface area contributed by atoms with Crippen molar-refractivity contribution in [2.75, 3.05) is 13.7 Å². The van der Waals surface area contributed by atoms with Gasteiger partial charge in [-0.15, -0.1) is 0 Å². The van der Waals surface area contributed by atoms with E-state index in [1.165, 1.54) is 19.4 Å². The summed E-state index contributed by atoms with van der Waals surface area (Å²) < 4.78 is 35.8. The lowest BCUT2D eigenvalue weighted by Crippen LogP contribution is -2.25. The fourth-order valence-corrected chi connectivity index (χ4v) is 3.72. The topological polar surface area (TPSA) is 86.3 Å². The molecule has 0 aliphatic carbocycles. The molecule has 3 heterocycles. The standard InChI is InChI=1S/C23H24F2N6O2/c1-14-11-15(2)30(29-14)10-6-9-26-23(32)17-13-27-31-19(21(24)25)12-18(28-22(17)31)16-7-4-5-8-20(16)33-3/h4-5,7-8,11-13,21H,6,9-10H2,1-3H3,(H,26,32). The molecule has 0 unspecified atom stereocenters. The van der Waals surface area contributed by atoms with Gasteiger partial charge in [0.05, 0.1) is 24.7 Å². The molecular weight excluding hydrogens is 430 g/mol. The average Bonchev–Trinajstić information content (AvgIpc) is 3.37. The van der Waals surface area contributed by atoms with Gasteiger partial charge in [0.1, 0.15) is 17.0 Å². The van der Waals surface area contributed by atoms with Crippen molar-refractivity contribution in [2.45, 2.75) is 33.2 Å². The van der Waals surface area contributed by atoms with Gasteiger partial charge in [-0.1, -0.05) is 12.1 Å². The number of alkyl halides is 2. The lowest BCUT2D eigenvalue weighted by Gasteiger charge is -2.11. The maximum absolute atomic E-state index is 13.8. The van der Waals surface area contributed by atoms with Crippen LogP contribution in [0.4, 0.5) is 8.78 Å². The molecule has 4 rings (SSSR count). The van der Waals surface area contributed by atoms with Gasteiger partial charge in [0.25, 0.3) is 12.3 Å². The summed E-state index contributed by atoms with van der Waals surface area (Å²) in [5, 5.41) is 11.2. The number of methoxy groups -OCH3 is 1. The van der Waals surface area contributed by atoms with Gasteiger partial charge in [-0.2, -0.15) is 10.2 Å². The minimum atomic E-state index is -2.81. The number of carbonyl (C=O) groups excluding carboxylic acids is 1. The van der Waals surface area contributed by atoms with Crippen LogP contribution in [0.1, 0.15) is 40.3 Å². The highest BCUT2D eigenvalue weighted by molar-refractivity contribution is 5.99. The number of ether oxygens (including phenoxy) is 1. The first-order chi connectivity index (χ1) is 15.9. The second kappa shape index (κ2) is 9.35. The summed E-state index contributed by atoms with van der Waals surface area (Å²) in [5.74, 6) is 0.0625. The number of aromatic nitrogens is 5. The van der Waals surface area contributed by atoms with Gasteiger partial charge >= 0.3 is 0 Å². The molecule has 33 heavy (non-hydrogen) atoms. The second-order valence-corrected chi connectivity index (χ2v) is 7.62. The zero-order valence-corrected chi connectivity index (χ0v) is 18.5. The number of nitrogens with one attached hydrogen (secondary N) is 1. The van der Waals surface area contributed by atoms with Gasteiger partial charge in [0.15, 0.2) is 5.65 Å². The lowest BCUT2D eigenvalue weighted by molar-refractivity contribution is 0.0953. The van der Waals surface area contributed by atoms with Crippen molar-refractivity contribution in [3.05, 3.63) is 65.2 Å². The van der Waals surface area contributed by atoms with E-state index in [0.29, 0.717) is 30.8 Å². The van der Waals surface area contributed by atoms with Crippen molar-refractivity contribution in [3.8, 4) is 17.0 Å². The minimum absolute atomic E-state index is 0.0600. The molecule has 0 bridgehead atoms. The number of hydrogen-bond donors (Lipinski definition) is 1. The molecule has 0 aliphatic heterocycles. The number of hydrogen-bond acceptors (Lipinski definition) is 5. The molecule has 0 spiro atoms. The molecule has 10 heteroatoms. The normalized spacial score (nSPS) is 11.3. The lowest BCUT2D eigenvalue weighted by atomic mass is 10.1. The fraction of sp³-hybridized carbons (Fsp3) is 0.304. The highest BCUT2D eigenvalue weighted by Gasteiger charge is 2.22. The van der Waals surface area contributed by atoms with Crippen molar-refractivity contribution in [3.63, 3.8) is 0 Å². The van der Waals surface area contributed by atoms with Gasteiger partial charge in [0.2, 0.25) is 0 Å². The van der Waals surface area contributed by atoms with Crippen molar-refractivity contribution in [1.82, 2.24) is 29.7 Å². The van der Waals surface area contributed by atoms with E-state index in [4.69, 9.17) is 4.74 Å². The average molecular weight is 454 g/mol. The van der Waals surface area contributed by atoms with Crippen LogP contribution >= 0.6 is 0 Å². The summed E-state index contributed by atoms with van der Waals surface area (Å²) >= 11 is 0. The Balaban J connectivity index is 1.59. The zero-order valence-electron chi connectivity index (χ0n) is 18.5. The number of rotatable bonds is 8. The Morgan fingerprint density at radius 1 is 1.21 bits per heavy atom. The van der Waals surface area contributed by atoms with E-state index in [0.717, 1.165) is 15.9 Å². The first-order valence-corrected chi connectivity index (χ1v) is 10.5. The number of para-hydroxylation sites is 1. The van der Waals surface area contributed by atoms with E-state index in [9.17, 15) is 13.6 Å². The predicted molar refractivity (Wildman–Crippen MR) is 119 cm³/mol. The van der Waals surface area contributed by atoms with Crippen LogP contribution < -0.4 is 10.1 Å². The van der Waals surface area contributed by atoms with Crippen LogP contribution in [-0.2, 0) is 6.54 Å². The summed E-state index contributed by atoms with van der Waals surface area (Å²) in [6.07, 6.45) is -0.883. The summed E-state index contributed by atoms with van der Waals surface area (Å²) in [6.45, 7) is 4.95.